The Morgan fingerprint density at radius 1 is 1.41 bits per heavy atom. The van der Waals surface area contributed by atoms with Gasteiger partial charge in [-0.3, -0.25) is 9.36 Å². The van der Waals surface area contributed by atoms with Crippen LogP contribution < -0.4 is 11.3 Å². The average molecular weight is 318 g/mol. The van der Waals surface area contributed by atoms with Crippen LogP contribution in [-0.2, 0) is 4.79 Å². The van der Waals surface area contributed by atoms with E-state index in [1.54, 1.807) is 18.2 Å². The second kappa shape index (κ2) is 4.33. The Morgan fingerprint density at radius 3 is 2.91 bits per heavy atom. The fourth-order valence-corrected chi connectivity index (χ4v) is 3.46. The van der Waals surface area contributed by atoms with Crippen LogP contribution in [0.4, 0.5) is 5.69 Å². The summed E-state index contributed by atoms with van der Waals surface area (Å²) >= 11 is 5.98. The first-order valence-electron chi connectivity index (χ1n) is 6.89. The Morgan fingerprint density at radius 2 is 2.18 bits per heavy atom. The summed E-state index contributed by atoms with van der Waals surface area (Å²) in [5, 5.41) is 9.82. The predicted octanol–water partition coefficient (Wildman–Crippen LogP) is 1.89. The van der Waals surface area contributed by atoms with Gasteiger partial charge in [-0.15, -0.1) is 0 Å². The number of carboxylic acid groups (broad SMARTS) is 1. The lowest BCUT2D eigenvalue weighted by molar-refractivity contribution is -0.141. The van der Waals surface area contributed by atoms with Gasteiger partial charge in [0.2, 0.25) is 0 Å². The molecule has 3 N–H and O–H groups in total. The van der Waals surface area contributed by atoms with E-state index in [-0.39, 0.29) is 17.4 Å². The van der Waals surface area contributed by atoms with Crippen molar-refractivity contribution in [1.29, 1.82) is 0 Å². The van der Waals surface area contributed by atoms with E-state index in [9.17, 15) is 14.7 Å². The summed E-state index contributed by atoms with van der Waals surface area (Å²) in [7, 11) is 0. The number of anilines is 1. The van der Waals surface area contributed by atoms with Gasteiger partial charge in [-0.05, 0) is 24.6 Å². The van der Waals surface area contributed by atoms with Crippen molar-refractivity contribution in [2.75, 3.05) is 5.73 Å². The minimum atomic E-state index is -0.981. The van der Waals surface area contributed by atoms with Crippen LogP contribution in [0.15, 0.2) is 29.1 Å². The molecule has 1 aliphatic heterocycles. The van der Waals surface area contributed by atoms with Gasteiger partial charge in [-0.2, -0.15) is 0 Å². The third-order valence-corrected chi connectivity index (χ3v) is 4.61. The molecule has 1 fully saturated rings. The topological polar surface area (TPSA) is 98.2 Å². The van der Waals surface area contributed by atoms with E-state index < -0.39 is 12.0 Å². The number of benzene rings is 1. The number of aromatic nitrogens is 2. The Hall–Kier alpha value is -2.34. The molecule has 7 heteroatoms. The maximum absolute atomic E-state index is 12.4. The van der Waals surface area contributed by atoms with Gasteiger partial charge >= 0.3 is 5.97 Å². The van der Waals surface area contributed by atoms with Crippen molar-refractivity contribution in [3.63, 3.8) is 0 Å². The summed E-state index contributed by atoms with van der Waals surface area (Å²) in [6.07, 6.45) is 0.762. The molecule has 4 rings (SSSR count). The molecule has 0 radical (unpaired) electrons. The lowest BCUT2D eigenvalue weighted by Gasteiger charge is -2.14. The van der Waals surface area contributed by atoms with Crippen LogP contribution in [0.5, 0.6) is 0 Å². The molecule has 22 heavy (non-hydrogen) atoms. The standard InChI is InChI=1S/C15H12ClN3O3/c16-6-1-2-10(17)9(3-6)11-5-12(20)19-13(15(21)22)7-4-8(7)14(19)18-11/h1-3,5,7-8,13H,4,17H2,(H,21,22)/t7-,8+,13-/m0/s1. The maximum Gasteiger partial charge on any atom is 0.327 e. The highest BCUT2D eigenvalue weighted by Crippen LogP contribution is 2.58. The first-order valence-corrected chi connectivity index (χ1v) is 7.27. The highest BCUT2D eigenvalue weighted by Gasteiger charge is 2.56. The third-order valence-electron chi connectivity index (χ3n) is 4.38. The first-order chi connectivity index (χ1) is 10.5. The van der Waals surface area contributed by atoms with Crippen molar-refractivity contribution < 1.29 is 9.90 Å². The minimum absolute atomic E-state index is 0.0235. The van der Waals surface area contributed by atoms with Crippen molar-refractivity contribution in [2.24, 2.45) is 5.92 Å². The highest BCUT2D eigenvalue weighted by atomic mass is 35.5. The number of hydrogen-bond acceptors (Lipinski definition) is 4. The molecule has 1 aliphatic carbocycles. The molecule has 3 atom stereocenters. The van der Waals surface area contributed by atoms with E-state index in [2.05, 4.69) is 4.98 Å². The molecule has 2 heterocycles. The van der Waals surface area contributed by atoms with E-state index >= 15 is 0 Å². The number of aliphatic carboxylic acids is 1. The van der Waals surface area contributed by atoms with Crippen molar-refractivity contribution in [1.82, 2.24) is 9.55 Å². The van der Waals surface area contributed by atoms with Crippen LogP contribution in [0, 0.1) is 5.92 Å². The number of fused-ring (bicyclic) bond motifs is 3. The van der Waals surface area contributed by atoms with Gasteiger partial charge in [0.05, 0.1) is 5.69 Å². The highest BCUT2D eigenvalue weighted by molar-refractivity contribution is 6.31. The van der Waals surface area contributed by atoms with E-state index in [0.717, 1.165) is 6.42 Å². The third kappa shape index (κ3) is 1.77. The molecule has 6 nitrogen and oxygen atoms in total. The molecule has 0 bridgehead atoms. The van der Waals surface area contributed by atoms with E-state index in [1.807, 2.05) is 0 Å². The monoisotopic (exact) mass is 317 g/mol. The number of rotatable bonds is 2. The summed E-state index contributed by atoms with van der Waals surface area (Å²) in [6, 6.07) is 5.50. The summed E-state index contributed by atoms with van der Waals surface area (Å²) < 4.78 is 1.30. The van der Waals surface area contributed by atoms with E-state index in [4.69, 9.17) is 17.3 Å². The lowest BCUT2D eigenvalue weighted by atomic mass is 10.1. The Kier molecular flexibility index (Phi) is 2.62. The molecular formula is C15H12ClN3O3. The quantitative estimate of drug-likeness (QED) is 0.824. The Balaban J connectivity index is 1.91. The summed E-state index contributed by atoms with van der Waals surface area (Å²) in [5.74, 6) is -0.414. The molecule has 2 aromatic rings. The van der Waals surface area contributed by atoms with Gasteiger partial charge in [-0.1, -0.05) is 11.6 Å². The van der Waals surface area contributed by atoms with E-state index in [0.29, 0.717) is 27.8 Å². The Labute approximate surface area is 130 Å². The lowest BCUT2D eigenvalue weighted by Crippen LogP contribution is -2.30. The van der Waals surface area contributed by atoms with E-state index in [1.165, 1.54) is 10.6 Å². The molecule has 0 unspecified atom stereocenters. The van der Waals surface area contributed by atoms with Crippen molar-refractivity contribution in [2.45, 2.75) is 18.4 Å². The number of nitrogens with two attached hydrogens (primary N) is 1. The molecular weight excluding hydrogens is 306 g/mol. The van der Waals surface area contributed by atoms with Crippen LogP contribution >= 0.6 is 11.6 Å². The zero-order chi connectivity index (χ0) is 15.6. The van der Waals surface area contributed by atoms with Crippen molar-refractivity contribution >= 4 is 23.3 Å². The van der Waals surface area contributed by atoms with Gasteiger partial charge < -0.3 is 10.8 Å². The molecule has 1 saturated carbocycles. The Bertz CT molecular complexity index is 877. The average Bonchev–Trinajstić information content (AvgIpc) is 3.17. The summed E-state index contributed by atoms with van der Waals surface area (Å²) in [6.45, 7) is 0. The summed E-state index contributed by atoms with van der Waals surface area (Å²) in [5.41, 5.74) is 7.07. The smallest absolute Gasteiger partial charge is 0.327 e. The second-order valence-electron chi connectivity index (χ2n) is 5.73. The van der Waals surface area contributed by atoms with Crippen molar-refractivity contribution in [3.05, 3.63) is 45.5 Å². The van der Waals surface area contributed by atoms with Crippen LogP contribution in [0.3, 0.4) is 0 Å². The van der Waals surface area contributed by atoms with Crippen molar-refractivity contribution in [3.8, 4) is 11.3 Å². The fourth-order valence-electron chi connectivity index (χ4n) is 3.28. The molecule has 2 aliphatic rings. The van der Waals surface area contributed by atoms with Crippen LogP contribution in [-0.4, -0.2) is 20.6 Å². The first kappa shape index (κ1) is 13.3. The van der Waals surface area contributed by atoms with Gasteiger partial charge in [0.15, 0.2) is 0 Å². The predicted molar refractivity (Wildman–Crippen MR) is 80.9 cm³/mol. The molecule has 0 amide bonds. The molecule has 1 aromatic carbocycles. The van der Waals surface area contributed by atoms with Crippen LogP contribution in [0.2, 0.25) is 5.02 Å². The number of carbonyl (C=O) groups is 1. The number of carboxylic acids is 1. The molecule has 112 valence electrons. The molecule has 0 saturated heterocycles. The largest absolute Gasteiger partial charge is 0.480 e. The summed E-state index contributed by atoms with van der Waals surface area (Å²) in [4.78, 5) is 28.3. The van der Waals surface area contributed by atoms with Gasteiger partial charge in [0, 0.05) is 34.2 Å². The number of halogens is 1. The normalized spacial score (nSPS) is 24.7. The number of hydrogen-bond donors (Lipinski definition) is 2. The van der Waals surface area contributed by atoms with Crippen LogP contribution in [0.25, 0.3) is 11.3 Å². The molecule has 1 aromatic heterocycles. The second-order valence-corrected chi connectivity index (χ2v) is 6.16. The zero-order valence-corrected chi connectivity index (χ0v) is 12.1. The zero-order valence-electron chi connectivity index (χ0n) is 11.4. The fraction of sp³-hybridized carbons (Fsp3) is 0.267. The SMILES string of the molecule is Nc1ccc(Cl)cc1-c1cc(=O)n2c(n1)[C@@H]1C[C@@H]1[C@H]2C(=O)O. The van der Waals surface area contributed by atoms with Gasteiger partial charge in [0.25, 0.3) is 5.56 Å². The van der Waals surface area contributed by atoms with Gasteiger partial charge in [-0.25, -0.2) is 9.78 Å². The minimum Gasteiger partial charge on any atom is -0.480 e. The van der Waals surface area contributed by atoms with Gasteiger partial charge in [0.1, 0.15) is 11.9 Å². The molecule has 0 spiro atoms. The van der Waals surface area contributed by atoms with Crippen LogP contribution in [0.1, 0.15) is 24.2 Å². The maximum atomic E-state index is 12.4. The number of nitrogen functional groups attached to an aromatic ring is 1. The number of nitrogens with zero attached hydrogens (tertiary/aromatic N) is 2.